The number of ether oxygens (including phenoxy) is 1. The van der Waals surface area contributed by atoms with Crippen LogP contribution in [-0.2, 0) is 11.3 Å². The van der Waals surface area contributed by atoms with E-state index >= 15 is 0 Å². The highest BCUT2D eigenvalue weighted by Crippen LogP contribution is 2.24. The molecule has 2 aromatic heterocycles. The predicted molar refractivity (Wildman–Crippen MR) is 137 cm³/mol. The van der Waals surface area contributed by atoms with Crippen molar-refractivity contribution < 1.29 is 9.53 Å². The van der Waals surface area contributed by atoms with Crippen LogP contribution < -0.4 is 15.2 Å². The molecule has 1 amide bonds. The molecule has 1 saturated heterocycles. The Morgan fingerprint density at radius 1 is 0.861 bits per heavy atom. The summed E-state index contributed by atoms with van der Waals surface area (Å²) in [5, 5.41) is 0. The molecular formula is C27H26N6O3. The minimum atomic E-state index is -0.247. The van der Waals surface area contributed by atoms with Gasteiger partial charge in [-0.3, -0.25) is 14.2 Å². The lowest BCUT2D eigenvalue weighted by Crippen LogP contribution is -2.50. The first-order valence-electron chi connectivity index (χ1n) is 11.7. The zero-order valence-corrected chi connectivity index (χ0v) is 19.9. The first kappa shape index (κ1) is 23.2. The second kappa shape index (κ2) is 10.4. The number of hydrogen-bond donors (Lipinski definition) is 0. The van der Waals surface area contributed by atoms with Crippen molar-refractivity contribution in [2.45, 2.75) is 6.54 Å². The van der Waals surface area contributed by atoms with Crippen molar-refractivity contribution in [3.63, 3.8) is 0 Å². The van der Waals surface area contributed by atoms with Crippen molar-refractivity contribution in [3.8, 4) is 28.3 Å². The zero-order valence-electron chi connectivity index (χ0n) is 19.9. The molecule has 0 N–H and O–H groups in total. The number of benzene rings is 2. The minimum Gasteiger partial charge on any atom is -0.497 e. The third-order valence-electron chi connectivity index (χ3n) is 6.25. The molecule has 0 radical (unpaired) electrons. The second-order valence-corrected chi connectivity index (χ2v) is 8.46. The summed E-state index contributed by atoms with van der Waals surface area (Å²) in [6.07, 6.45) is 3.01. The van der Waals surface area contributed by atoms with Gasteiger partial charge in [0.05, 0.1) is 24.8 Å². The molecule has 9 nitrogen and oxygen atoms in total. The molecule has 0 saturated carbocycles. The molecule has 36 heavy (non-hydrogen) atoms. The van der Waals surface area contributed by atoms with Crippen LogP contribution in [0.5, 0.6) is 5.75 Å². The molecule has 182 valence electrons. The number of aromatic nitrogens is 4. The maximum Gasteiger partial charge on any atom is 0.254 e. The standard InChI is InChI=1S/C27H26N6O3/c1-36-22-9-7-21(8-10-22)23-15-25(29-18-28-23)31-11-13-32(14-12-31)27(35)17-33-19-30-24(16-26(33)34)20-5-3-2-4-6-20/h2-10,15-16,18-19H,11-14,17H2,1H3. The van der Waals surface area contributed by atoms with Crippen LogP contribution in [0.1, 0.15) is 0 Å². The fourth-order valence-electron chi connectivity index (χ4n) is 4.18. The van der Waals surface area contributed by atoms with Crippen LogP contribution in [0.2, 0.25) is 0 Å². The van der Waals surface area contributed by atoms with Crippen molar-refractivity contribution in [1.82, 2.24) is 24.4 Å². The molecule has 9 heteroatoms. The fourth-order valence-corrected chi connectivity index (χ4v) is 4.18. The number of carbonyl (C=O) groups is 1. The molecule has 0 atom stereocenters. The Bertz CT molecular complexity index is 1400. The summed E-state index contributed by atoms with van der Waals surface area (Å²) in [4.78, 5) is 42.6. The van der Waals surface area contributed by atoms with Gasteiger partial charge in [-0.25, -0.2) is 15.0 Å². The van der Waals surface area contributed by atoms with Crippen LogP contribution in [0.4, 0.5) is 5.82 Å². The van der Waals surface area contributed by atoms with E-state index < -0.39 is 0 Å². The van der Waals surface area contributed by atoms with Gasteiger partial charge in [0.25, 0.3) is 5.56 Å². The van der Waals surface area contributed by atoms with Gasteiger partial charge in [0.15, 0.2) is 0 Å². The van der Waals surface area contributed by atoms with E-state index in [4.69, 9.17) is 4.74 Å². The molecule has 0 aliphatic carbocycles. The maximum absolute atomic E-state index is 12.9. The van der Waals surface area contributed by atoms with Gasteiger partial charge in [-0.15, -0.1) is 0 Å². The third-order valence-corrected chi connectivity index (χ3v) is 6.25. The SMILES string of the molecule is COc1ccc(-c2cc(N3CCN(C(=O)Cn4cnc(-c5ccccc5)cc4=O)CC3)ncn2)cc1. The van der Waals surface area contributed by atoms with Gasteiger partial charge in [-0.1, -0.05) is 30.3 Å². The molecule has 4 aromatic rings. The van der Waals surface area contributed by atoms with Crippen LogP contribution in [0.25, 0.3) is 22.5 Å². The molecule has 1 aliphatic rings. The Morgan fingerprint density at radius 2 is 1.56 bits per heavy atom. The summed E-state index contributed by atoms with van der Waals surface area (Å²) in [6, 6.07) is 20.6. The summed E-state index contributed by atoms with van der Waals surface area (Å²) in [5.41, 5.74) is 3.02. The Morgan fingerprint density at radius 3 is 2.25 bits per heavy atom. The third kappa shape index (κ3) is 5.10. The van der Waals surface area contributed by atoms with E-state index in [9.17, 15) is 9.59 Å². The highest BCUT2D eigenvalue weighted by Gasteiger charge is 2.23. The maximum atomic E-state index is 12.9. The van der Waals surface area contributed by atoms with Crippen molar-refractivity contribution in [2.24, 2.45) is 0 Å². The van der Waals surface area contributed by atoms with E-state index in [0.29, 0.717) is 31.9 Å². The van der Waals surface area contributed by atoms with Gasteiger partial charge in [0, 0.05) is 49.4 Å². The van der Waals surface area contributed by atoms with Crippen LogP contribution in [0.3, 0.4) is 0 Å². The molecule has 0 spiro atoms. The number of nitrogens with zero attached hydrogens (tertiary/aromatic N) is 6. The second-order valence-electron chi connectivity index (χ2n) is 8.46. The molecule has 0 bridgehead atoms. The van der Waals surface area contributed by atoms with Crippen LogP contribution >= 0.6 is 0 Å². The number of rotatable bonds is 6. The van der Waals surface area contributed by atoms with Gasteiger partial charge in [-0.05, 0) is 24.3 Å². The van der Waals surface area contributed by atoms with Gasteiger partial charge in [-0.2, -0.15) is 0 Å². The molecular weight excluding hydrogens is 456 g/mol. The molecule has 5 rings (SSSR count). The van der Waals surface area contributed by atoms with E-state index in [0.717, 1.165) is 28.4 Å². The highest BCUT2D eigenvalue weighted by molar-refractivity contribution is 5.76. The highest BCUT2D eigenvalue weighted by atomic mass is 16.5. The van der Waals surface area contributed by atoms with Crippen molar-refractivity contribution in [2.75, 3.05) is 38.2 Å². The Hall–Kier alpha value is -4.53. The number of piperazine rings is 1. The van der Waals surface area contributed by atoms with Crippen LogP contribution in [0, 0.1) is 0 Å². The largest absolute Gasteiger partial charge is 0.497 e. The lowest BCUT2D eigenvalue weighted by Gasteiger charge is -2.35. The van der Waals surface area contributed by atoms with Gasteiger partial charge in [0.2, 0.25) is 5.91 Å². The van der Waals surface area contributed by atoms with Gasteiger partial charge >= 0.3 is 0 Å². The predicted octanol–water partition coefficient (Wildman–Crippen LogP) is 2.72. The summed E-state index contributed by atoms with van der Waals surface area (Å²) in [6.45, 7) is 2.35. The summed E-state index contributed by atoms with van der Waals surface area (Å²) < 4.78 is 6.58. The average Bonchev–Trinajstić information content (AvgIpc) is 2.95. The van der Waals surface area contributed by atoms with E-state index in [-0.39, 0.29) is 18.0 Å². The number of amides is 1. The van der Waals surface area contributed by atoms with Gasteiger partial charge < -0.3 is 14.5 Å². The van der Waals surface area contributed by atoms with Crippen molar-refractivity contribution in [1.29, 1.82) is 0 Å². The van der Waals surface area contributed by atoms with E-state index in [1.54, 1.807) is 18.3 Å². The molecule has 2 aromatic carbocycles. The normalized spacial score (nSPS) is 13.5. The zero-order chi connectivity index (χ0) is 24.9. The van der Waals surface area contributed by atoms with E-state index in [1.165, 1.54) is 17.0 Å². The molecule has 0 unspecified atom stereocenters. The van der Waals surface area contributed by atoms with E-state index in [2.05, 4.69) is 19.9 Å². The Labute approximate surface area is 208 Å². The van der Waals surface area contributed by atoms with Crippen LogP contribution in [-0.4, -0.2) is 63.6 Å². The van der Waals surface area contributed by atoms with Crippen molar-refractivity contribution in [3.05, 3.63) is 89.7 Å². The summed E-state index contributed by atoms with van der Waals surface area (Å²) in [5.74, 6) is 1.51. The summed E-state index contributed by atoms with van der Waals surface area (Å²) in [7, 11) is 1.64. The Balaban J connectivity index is 1.20. The lowest BCUT2D eigenvalue weighted by molar-refractivity contribution is -0.132. The lowest BCUT2D eigenvalue weighted by atomic mass is 10.1. The number of methoxy groups -OCH3 is 1. The number of hydrogen-bond acceptors (Lipinski definition) is 7. The van der Waals surface area contributed by atoms with E-state index in [1.807, 2.05) is 60.7 Å². The Kier molecular flexibility index (Phi) is 6.70. The average molecular weight is 483 g/mol. The number of carbonyl (C=O) groups excluding carboxylic acids is 1. The topological polar surface area (TPSA) is 93.5 Å². The monoisotopic (exact) mass is 482 g/mol. The quantitative estimate of drug-likeness (QED) is 0.417. The molecule has 3 heterocycles. The fraction of sp³-hybridized carbons (Fsp3) is 0.222. The summed E-state index contributed by atoms with van der Waals surface area (Å²) >= 11 is 0. The first-order valence-corrected chi connectivity index (χ1v) is 11.7. The van der Waals surface area contributed by atoms with Crippen LogP contribution in [0.15, 0.2) is 84.2 Å². The van der Waals surface area contributed by atoms with Crippen molar-refractivity contribution >= 4 is 11.7 Å². The molecule has 1 fully saturated rings. The number of anilines is 1. The smallest absolute Gasteiger partial charge is 0.254 e. The minimum absolute atomic E-state index is 0.0317. The van der Waals surface area contributed by atoms with Gasteiger partial charge in [0.1, 0.15) is 24.4 Å². The first-order chi connectivity index (χ1) is 17.6. The molecule has 1 aliphatic heterocycles.